The molecule has 0 spiro atoms. The van der Waals surface area contributed by atoms with E-state index >= 15 is 0 Å². The number of nitrogens with one attached hydrogen (secondary N) is 2. The molecule has 27 heavy (non-hydrogen) atoms. The van der Waals surface area contributed by atoms with Crippen molar-refractivity contribution in [2.45, 2.75) is 11.3 Å². The van der Waals surface area contributed by atoms with Crippen LogP contribution in [0.15, 0.2) is 64.9 Å². The molecule has 0 saturated carbocycles. The van der Waals surface area contributed by atoms with Crippen LogP contribution < -0.4 is 10.0 Å². The Morgan fingerprint density at radius 2 is 1.74 bits per heavy atom. The van der Waals surface area contributed by atoms with Crippen molar-refractivity contribution in [3.8, 4) is 0 Å². The monoisotopic (exact) mass is 424 g/mol. The topological polar surface area (TPSA) is 75.3 Å². The fourth-order valence-electron chi connectivity index (χ4n) is 2.07. The van der Waals surface area contributed by atoms with Gasteiger partial charge in [-0.3, -0.25) is 4.79 Å². The Bertz CT molecular complexity index is 854. The zero-order chi connectivity index (χ0) is 19.5. The third kappa shape index (κ3) is 9.10. The van der Waals surface area contributed by atoms with Gasteiger partial charge in [0.1, 0.15) is 0 Å². The molecular weight excluding hydrogens is 404 g/mol. The standard InChI is InChI=1S/C19H21ClN2O3S2/c20-17-6-8-18(9-7-17)26-14-13-21-19(23)10-12-22-27(24,25)15-11-16-4-2-1-3-5-16/h1-9,11,15,22H,10,12-14H2,(H,21,23)/b15-11+. The highest BCUT2D eigenvalue weighted by Crippen LogP contribution is 2.19. The van der Waals surface area contributed by atoms with E-state index in [-0.39, 0.29) is 18.9 Å². The quantitative estimate of drug-likeness (QED) is 0.452. The summed E-state index contributed by atoms with van der Waals surface area (Å²) in [6.07, 6.45) is 1.60. The molecule has 0 saturated heterocycles. The summed E-state index contributed by atoms with van der Waals surface area (Å²) >= 11 is 7.44. The minimum Gasteiger partial charge on any atom is -0.355 e. The Labute approximate surface area is 169 Å². The number of thioether (sulfide) groups is 1. The van der Waals surface area contributed by atoms with Gasteiger partial charge in [0.25, 0.3) is 0 Å². The second-order valence-corrected chi connectivity index (χ2v) is 8.81. The van der Waals surface area contributed by atoms with Crippen LogP contribution in [-0.2, 0) is 14.8 Å². The van der Waals surface area contributed by atoms with Crippen molar-refractivity contribution in [1.82, 2.24) is 10.0 Å². The van der Waals surface area contributed by atoms with Gasteiger partial charge >= 0.3 is 0 Å². The number of hydrogen-bond acceptors (Lipinski definition) is 4. The lowest BCUT2D eigenvalue weighted by Gasteiger charge is -2.06. The molecule has 1 amide bonds. The number of hydrogen-bond donors (Lipinski definition) is 2. The number of benzene rings is 2. The fourth-order valence-corrected chi connectivity index (χ4v) is 3.78. The zero-order valence-electron chi connectivity index (χ0n) is 14.6. The van der Waals surface area contributed by atoms with Crippen molar-refractivity contribution in [3.63, 3.8) is 0 Å². The first-order chi connectivity index (χ1) is 12.9. The molecule has 8 heteroatoms. The molecule has 2 N–H and O–H groups in total. The van der Waals surface area contributed by atoms with Gasteiger partial charge < -0.3 is 5.32 Å². The molecule has 0 heterocycles. The number of sulfonamides is 1. The van der Waals surface area contributed by atoms with Gasteiger partial charge in [-0.25, -0.2) is 13.1 Å². The summed E-state index contributed by atoms with van der Waals surface area (Å²) < 4.78 is 26.2. The van der Waals surface area contributed by atoms with E-state index in [1.165, 1.54) is 6.08 Å². The van der Waals surface area contributed by atoms with E-state index in [0.29, 0.717) is 11.6 Å². The Kier molecular flexibility index (Phi) is 8.87. The second-order valence-electron chi connectivity index (χ2n) is 5.56. The normalized spacial score (nSPS) is 11.6. The van der Waals surface area contributed by atoms with Gasteiger partial charge in [0.15, 0.2) is 0 Å². The molecule has 0 radical (unpaired) electrons. The molecular formula is C19H21ClN2O3S2. The van der Waals surface area contributed by atoms with Crippen LogP contribution in [0.25, 0.3) is 6.08 Å². The highest BCUT2D eigenvalue weighted by molar-refractivity contribution is 7.99. The first-order valence-electron chi connectivity index (χ1n) is 8.32. The third-order valence-electron chi connectivity index (χ3n) is 3.40. The molecule has 0 bridgehead atoms. The van der Waals surface area contributed by atoms with Crippen LogP contribution in [0.2, 0.25) is 5.02 Å². The van der Waals surface area contributed by atoms with Crippen molar-refractivity contribution in [2.75, 3.05) is 18.8 Å². The average molecular weight is 425 g/mol. The summed E-state index contributed by atoms with van der Waals surface area (Å²) in [7, 11) is -3.57. The van der Waals surface area contributed by atoms with Crippen LogP contribution in [0, 0.1) is 0 Å². The number of amides is 1. The number of carbonyl (C=O) groups is 1. The highest BCUT2D eigenvalue weighted by Gasteiger charge is 2.07. The number of rotatable bonds is 10. The molecule has 2 rings (SSSR count). The minimum atomic E-state index is -3.57. The SMILES string of the molecule is O=C(CCNS(=O)(=O)/C=C/c1ccccc1)NCCSc1ccc(Cl)cc1. The second kappa shape index (κ2) is 11.1. The Hall–Kier alpha value is -1.80. The van der Waals surface area contributed by atoms with Crippen molar-refractivity contribution in [2.24, 2.45) is 0 Å². The summed E-state index contributed by atoms with van der Waals surface area (Å²) in [4.78, 5) is 12.8. The van der Waals surface area contributed by atoms with Crippen molar-refractivity contribution < 1.29 is 13.2 Å². The van der Waals surface area contributed by atoms with E-state index in [2.05, 4.69) is 10.0 Å². The van der Waals surface area contributed by atoms with Gasteiger partial charge in [-0.2, -0.15) is 0 Å². The van der Waals surface area contributed by atoms with Crippen molar-refractivity contribution >= 4 is 45.4 Å². The van der Waals surface area contributed by atoms with Crippen LogP contribution in [0.4, 0.5) is 0 Å². The lowest BCUT2D eigenvalue weighted by Crippen LogP contribution is -2.31. The molecule has 5 nitrogen and oxygen atoms in total. The van der Waals surface area contributed by atoms with Crippen LogP contribution in [-0.4, -0.2) is 33.2 Å². The van der Waals surface area contributed by atoms with Gasteiger partial charge in [0, 0.05) is 40.6 Å². The predicted molar refractivity (Wildman–Crippen MR) is 112 cm³/mol. The molecule has 144 valence electrons. The summed E-state index contributed by atoms with van der Waals surface area (Å²) in [5, 5.41) is 4.56. The first-order valence-corrected chi connectivity index (χ1v) is 11.2. The van der Waals surface area contributed by atoms with E-state index in [0.717, 1.165) is 21.6 Å². The van der Waals surface area contributed by atoms with Gasteiger partial charge in [-0.15, -0.1) is 11.8 Å². The van der Waals surface area contributed by atoms with Gasteiger partial charge in [0.2, 0.25) is 15.9 Å². The van der Waals surface area contributed by atoms with Crippen LogP contribution in [0.3, 0.4) is 0 Å². The van der Waals surface area contributed by atoms with E-state index in [4.69, 9.17) is 11.6 Å². The summed E-state index contributed by atoms with van der Waals surface area (Å²) in [5.41, 5.74) is 0.791. The Morgan fingerprint density at radius 1 is 1.04 bits per heavy atom. The van der Waals surface area contributed by atoms with Crippen LogP contribution >= 0.6 is 23.4 Å². The fraction of sp³-hybridized carbons (Fsp3) is 0.211. The molecule has 2 aromatic carbocycles. The van der Waals surface area contributed by atoms with E-state index in [1.807, 2.05) is 54.6 Å². The molecule has 0 aliphatic carbocycles. The van der Waals surface area contributed by atoms with Crippen molar-refractivity contribution in [3.05, 3.63) is 70.6 Å². The summed E-state index contributed by atoms with van der Waals surface area (Å²) in [6, 6.07) is 16.6. The van der Waals surface area contributed by atoms with Gasteiger partial charge in [-0.1, -0.05) is 41.9 Å². The molecule has 0 aromatic heterocycles. The van der Waals surface area contributed by atoms with E-state index in [9.17, 15) is 13.2 Å². The predicted octanol–water partition coefficient (Wildman–Crippen LogP) is 3.53. The molecule has 0 atom stereocenters. The minimum absolute atomic E-state index is 0.0532. The number of carbonyl (C=O) groups excluding carboxylic acids is 1. The largest absolute Gasteiger partial charge is 0.355 e. The number of halogens is 1. The molecule has 0 fully saturated rings. The molecule has 2 aromatic rings. The first kappa shape index (κ1) is 21.5. The third-order valence-corrected chi connectivity index (χ3v) is 5.77. The Morgan fingerprint density at radius 3 is 2.44 bits per heavy atom. The Balaban J connectivity index is 1.62. The van der Waals surface area contributed by atoms with Crippen LogP contribution in [0.1, 0.15) is 12.0 Å². The highest BCUT2D eigenvalue weighted by atomic mass is 35.5. The average Bonchev–Trinajstić information content (AvgIpc) is 2.66. The van der Waals surface area contributed by atoms with Crippen molar-refractivity contribution in [1.29, 1.82) is 0 Å². The smallest absolute Gasteiger partial charge is 0.233 e. The molecule has 0 aliphatic heterocycles. The van der Waals surface area contributed by atoms with E-state index in [1.54, 1.807) is 11.8 Å². The maximum Gasteiger partial charge on any atom is 0.233 e. The van der Waals surface area contributed by atoms with Gasteiger partial charge in [-0.05, 0) is 35.9 Å². The van der Waals surface area contributed by atoms with Gasteiger partial charge in [0.05, 0.1) is 0 Å². The lowest BCUT2D eigenvalue weighted by molar-refractivity contribution is -0.120. The lowest BCUT2D eigenvalue weighted by atomic mass is 10.2. The van der Waals surface area contributed by atoms with Crippen LogP contribution in [0.5, 0.6) is 0 Å². The summed E-state index contributed by atoms with van der Waals surface area (Å²) in [6.45, 7) is 0.560. The maximum absolute atomic E-state index is 11.9. The summed E-state index contributed by atoms with van der Waals surface area (Å²) in [5.74, 6) is 0.528. The zero-order valence-corrected chi connectivity index (χ0v) is 17.0. The molecule has 0 aliphatic rings. The molecule has 0 unspecified atom stereocenters. The van der Waals surface area contributed by atoms with E-state index < -0.39 is 10.0 Å². The maximum atomic E-state index is 11.9.